The molecule has 0 aliphatic rings. The van der Waals surface area contributed by atoms with E-state index in [0.29, 0.717) is 34.8 Å². The van der Waals surface area contributed by atoms with Gasteiger partial charge in [-0.05, 0) is 42.0 Å². The van der Waals surface area contributed by atoms with Gasteiger partial charge < -0.3 is 9.73 Å². The van der Waals surface area contributed by atoms with Crippen molar-refractivity contribution in [3.8, 4) is 0 Å². The fourth-order valence-electron chi connectivity index (χ4n) is 2.90. The van der Waals surface area contributed by atoms with Gasteiger partial charge in [0.15, 0.2) is 5.65 Å². The van der Waals surface area contributed by atoms with Crippen molar-refractivity contribution in [2.24, 2.45) is 0 Å². The molecule has 3 heterocycles. The minimum atomic E-state index is -4.43. The normalized spacial score (nSPS) is 11.7. The maximum Gasteiger partial charge on any atom is 0.416 e. The molecule has 148 valence electrons. The van der Waals surface area contributed by atoms with Gasteiger partial charge in [0.05, 0.1) is 23.8 Å². The number of halogens is 3. The quantitative estimate of drug-likeness (QED) is 0.552. The van der Waals surface area contributed by atoms with Crippen molar-refractivity contribution in [2.45, 2.75) is 19.1 Å². The number of nitrogens with one attached hydrogen (secondary N) is 1. The number of rotatable bonds is 5. The Morgan fingerprint density at radius 3 is 2.72 bits per heavy atom. The molecule has 0 spiro atoms. The zero-order valence-electron chi connectivity index (χ0n) is 15.0. The number of furan rings is 1. The minimum absolute atomic E-state index is 0.0256. The highest BCUT2D eigenvalue weighted by atomic mass is 19.4. The van der Waals surface area contributed by atoms with Crippen LogP contribution in [0.25, 0.3) is 5.65 Å². The minimum Gasteiger partial charge on any atom is -0.469 e. The molecule has 0 unspecified atom stereocenters. The molecule has 9 heteroatoms. The van der Waals surface area contributed by atoms with Crippen molar-refractivity contribution in [2.75, 3.05) is 0 Å². The standard InChI is InChI=1S/C20H15F3N4O2/c21-20(22,23)15-4-1-3-13(9-15)11-24-19(28)14-6-7-17-25-26-18(27(17)12-14)10-16-5-2-8-29-16/h1-9,12H,10-11H2,(H,24,28). The van der Waals surface area contributed by atoms with Crippen LogP contribution in [0.5, 0.6) is 0 Å². The summed E-state index contributed by atoms with van der Waals surface area (Å²) in [7, 11) is 0. The molecule has 0 atom stereocenters. The number of hydrogen-bond acceptors (Lipinski definition) is 4. The molecule has 0 saturated heterocycles. The SMILES string of the molecule is O=C(NCc1cccc(C(F)(F)F)c1)c1ccc2nnc(Cc3ccco3)n2c1. The van der Waals surface area contributed by atoms with Gasteiger partial charge in [0.2, 0.25) is 0 Å². The first-order valence-corrected chi connectivity index (χ1v) is 8.70. The molecule has 0 bridgehead atoms. The van der Waals surface area contributed by atoms with E-state index in [2.05, 4.69) is 15.5 Å². The summed E-state index contributed by atoms with van der Waals surface area (Å²) in [5.41, 5.74) is 0.515. The van der Waals surface area contributed by atoms with Gasteiger partial charge in [-0.25, -0.2) is 0 Å². The van der Waals surface area contributed by atoms with Crippen LogP contribution in [0.1, 0.15) is 33.1 Å². The molecule has 4 rings (SSSR count). The highest BCUT2D eigenvalue weighted by Crippen LogP contribution is 2.29. The van der Waals surface area contributed by atoms with Crippen LogP contribution in [0, 0.1) is 0 Å². The molecule has 0 saturated carbocycles. The predicted octanol–water partition coefficient (Wildman–Crippen LogP) is 3.86. The summed E-state index contributed by atoms with van der Waals surface area (Å²) >= 11 is 0. The lowest BCUT2D eigenvalue weighted by molar-refractivity contribution is -0.137. The van der Waals surface area contributed by atoms with E-state index in [-0.39, 0.29) is 6.54 Å². The predicted molar refractivity (Wildman–Crippen MR) is 97.1 cm³/mol. The Labute approximate surface area is 163 Å². The highest BCUT2D eigenvalue weighted by molar-refractivity contribution is 5.94. The van der Waals surface area contributed by atoms with Crippen molar-refractivity contribution in [1.29, 1.82) is 0 Å². The summed E-state index contributed by atoms with van der Waals surface area (Å²) in [5.74, 6) is 0.892. The van der Waals surface area contributed by atoms with E-state index in [1.54, 1.807) is 35.1 Å². The van der Waals surface area contributed by atoms with E-state index in [4.69, 9.17) is 4.42 Å². The van der Waals surface area contributed by atoms with Gasteiger partial charge >= 0.3 is 6.18 Å². The van der Waals surface area contributed by atoms with Crippen LogP contribution < -0.4 is 5.32 Å². The Morgan fingerprint density at radius 2 is 1.97 bits per heavy atom. The summed E-state index contributed by atoms with van der Waals surface area (Å²) in [4.78, 5) is 12.5. The van der Waals surface area contributed by atoms with E-state index < -0.39 is 17.6 Å². The molecule has 1 amide bonds. The molecule has 0 aliphatic carbocycles. The number of aromatic nitrogens is 3. The topological polar surface area (TPSA) is 72.4 Å². The molecular weight excluding hydrogens is 385 g/mol. The Balaban J connectivity index is 1.50. The lowest BCUT2D eigenvalue weighted by Crippen LogP contribution is -2.23. The fraction of sp³-hybridized carbons (Fsp3) is 0.150. The number of carbonyl (C=O) groups is 1. The van der Waals surface area contributed by atoms with Crippen LogP contribution in [-0.4, -0.2) is 20.5 Å². The number of amides is 1. The molecule has 0 radical (unpaired) electrons. The van der Waals surface area contributed by atoms with Crippen LogP contribution in [0.3, 0.4) is 0 Å². The highest BCUT2D eigenvalue weighted by Gasteiger charge is 2.30. The fourth-order valence-corrected chi connectivity index (χ4v) is 2.90. The van der Waals surface area contributed by atoms with Crippen molar-refractivity contribution < 1.29 is 22.4 Å². The van der Waals surface area contributed by atoms with E-state index in [0.717, 1.165) is 12.1 Å². The van der Waals surface area contributed by atoms with E-state index in [1.165, 1.54) is 12.1 Å². The Kier molecular flexibility index (Phi) is 4.79. The maximum absolute atomic E-state index is 12.8. The van der Waals surface area contributed by atoms with E-state index in [1.807, 2.05) is 6.07 Å². The van der Waals surface area contributed by atoms with Crippen molar-refractivity contribution >= 4 is 11.6 Å². The van der Waals surface area contributed by atoms with Crippen LogP contribution >= 0.6 is 0 Å². The molecule has 0 fully saturated rings. The summed E-state index contributed by atoms with van der Waals surface area (Å²) in [6.45, 7) is -0.0256. The van der Waals surface area contributed by atoms with Crippen molar-refractivity contribution in [3.05, 3.63) is 89.3 Å². The van der Waals surface area contributed by atoms with Gasteiger partial charge in [-0.2, -0.15) is 13.2 Å². The number of fused-ring (bicyclic) bond motifs is 1. The van der Waals surface area contributed by atoms with Gasteiger partial charge in [0.25, 0.3) is 5.91 Å². The van der Waals surface area contributed by atoms with Crippen molar-refractivity contribution in [1.82, 2.24) is 19.9 Å². The average Bonchev–Trinajstić information content (AvgIpc) is 3.36. The number of benzene rings is 1. The second-order valence-electron chi connectivity index (χ2n) is 6.40. The number of carbonyl (C=O) groups excluding carboxylic acids is 1. The van der Waals surface area contributed by atoms with E-state index in [9.17, 15) is 18.0 Å². The maximum atomic E-state index is 12.8. The third kappa shape index (κ3) is 4.13. The summed E-state index contributed by atoms with van der Waals surface area (Å²) in [6, 6.07) is 11.7. The first-order chi connectivity index (χ1) is 13.9. The van der Waals surface area contributed by atoms with Crippen LogP contribution in [-0.2, 0) is 19.1 Å². The molecule has 29 heavy (non-hydrogen) atoms. The zero-order valence-corrected chi connectivity index (χ0v) is 15.0. The molecule has 1 N–H and O–H groups in total. The second-order valence-corrected chi connectivity index (χ2v) is 6.40. The molecule has 1 aromatic carbocycles. The van der Waals surface area contributed by atoms with E-state index >= 15 is 0 Å². The molecule has 4 aromatic rings. The van der Waals surface area contributed by atoms with Gasteiger partial charge in [0.1, 0.15) is 11.6 Å². The average molecular weight is 400 g/mol. The summed E-state index contributed by atoms with van der Waals surface area (Å²) in [5, 5.41) is 10.8. The van der Waals surface area contributed by atoms with Crippen LogP contribution in [0.2, 0.25) is 0 Å². The lowest BCUT2D eigenvalue weighted by Gasteiger charge is -2.10. The van der Waals surface area contributed by atoms with Crippen molar-refractivity contribution in [3.63, 3.8) is 0 Å². The Hall–Kier alpha value is -3.62. The number of nitrogens with zero attached hydrogens (tertiary/aromatic N) is 3. The molecule has 6 nitrogen and oxygen atoms in total. The zero-order chi connectivity index (χ0) is 20.4. The van der Waals surface area contributed by atoms with Gasteiger partial charge in [-0.3, -0.25) is 9.20 Å². The lowest BCUT2D eigenvalue weighted by atomic mass is 10.1. The monoisotopic (exact) mass is 400 g/mol. The molecule has 0 aliphatic heterocycles. The largest absolute Gasteiger partial charge is 0.469 e. The van der Waals surface area contributed by atoms with Gasteiger partial charge in [-0.15, -0.1) is 10.2 Å². The Bertz CT molecular complexity index is 1150. The second kappa shape index (κ2) is 7.42. The number of alkyl halides is 3. The molecular formula is C20H15F3N4O2. The van der Waals surface area contributed by atoms with Crippen LogP contribution in [0.15, 0.2) is 65.4 Å². The van der Waals surface area contributed by atoms with Gasteiger partial charge in [0, 0.05) is 12.7 Å². The summed E-state index contributed by atoms with van der Waals surface area (Å²) in [6.07, 6.45) is -0.867. The Morgan fingerprint density at radius 1 is 1.10 bits per heavy atom. The van der Waals surface area contributed by atoms with Crippen LogP contribution in [0.4, 0.5) is 13.2 Å². The third-order valence-corrected chi connectivity index (χ3v) is 4.35. The third-order valence-electron chi connectivity index (χ3n) is 4.35. The first-order valence-electron chi connectivity index (χ1n) is 8.70. The smallest absolute Gasteiger partial charge is 0.416 e. The molecule has 3 aromatic heterocycles. The summed E-state index contributed by atoms with van der Waals surface area (Å²) < 4.78 is 45.4. The first kappa shape index (κ1) is 18.7. The van der Waals surface area contributed by atoms with Gasteiger partial charge in [-0.1, -0.05) is 12.1 Å². The number of pyridine rings is 1. The number of hydrogen-bond donors (Lipinski definition) is 1.